The molecule has 1 amide bonds. The van der Waals surface area contributed by atoms with Gasteiger partial charge in [-0.1, -0.05) is 418 Å². The van der Waals surface area contributed by atoms with E-state index in [-0.39, 0.29) is 12.5 Å². The van der Waals surface area contributed by atoms with Crippen molar-refractivity contribution in [3.63, 3.8) is 0 Å². The Morgan fingerprint density at radius 3 is 0.592 bits per heavy atom. The van der Waals surface area contributed by atoms with Crippen molar-refractivity contribution in [1.29, 1.82) is 0 Å². The number of carbonyl (C=O) groups excluding carboxylic acids is 1. The van der Waals surface area contributed by atoms with Gasteiger partial charge < -0.3 is 15.5 Å². The summed E-state index contributed by atoms with van der Waals surface area (Å²) in [5, 5.41) is 23.5. The minimum Gasteiger partial charge on any atom is -0.394 e. The van der Waals surface area contributed by atoms with Crippen molar-refractivity contribution in [2.45, 2.75) is 450 Å². The third-order valence-electron chi connectivity index (χ3n) is 17.6. The Kier molecular flexibility index (Phi) is 68.1. The number of rotatable bonds is 69. The third kappa shape index (κ3) is 64.2. The van der Waals surface area contributed by atoms with Crippen molar-refractivity contribution in [3.8, 4) is 0 Å². The van der Waals surface area contributed by atoms with Crippen LogP contribution in [0.4, 0.5) is 0 Å². The maximum Gasteiger partial charge on any atom is 0.220 e. The zero-order chi connectivity index (χ0) is 54.8. The van der Waals surface area contributed by atoms with Gasteiger partial charge in [-0.25, -0.2) is 0 Å². The number of carbonyl (C=O) groups is 1. The monoisotopic (exact) mass is 1070 g/mol. The van der Waals surface area contributed by atoms with Crippen LogP contribution in [0, 0.1) is 0 Å². The SMILES string of the molecule is CCCCCCCCCCCCCCCCCCCCCCCCCCCCCCCCCCCCCCCCCC(=O)NC(CO)C(O)CCCCCCCCCCCCCCCCCCCCCCCCCCC. The molecule has 0 radical (unpaired) electrons. The number of hydrogen-bond acceptors (Lipinski definition) is 3. The summed E-state index contributed by atoms with van der Waals surface area (Å²) in [7, 11) is 0. The van der Waals surface area contributed by atoms with E-state index in [1.807, 2.05) is 0 Å². The molecule has 0 aliphatic heterocycles. The van der Waals surface area contributed by atoms with Gasteiger partial charge >= 0.3 is 0 Å². The maximum atomic E-state index is 12.6. The first-order valence-electron chi connectivity index (χ1n) is 36.2. The lowest BCUT2D eigenvalue weighted by Crippen LogP contribution is -2.45. The van der Waals surface area contributed by atoms with Crippen molar-refractivity contribution in [3.05, 3.63) is 0 Å². The molecule has 456 valence electrons. The Bertz CT molecular complexity index is 1030. The normalized spacial score (nSPS) is 12.5. The molecule has 76 heavy (non-hydrogen) atoms. The lowest BCUT2D eigenvalue weighted by atomic mass is 10.0. The van der Waals surface area contributed by atoms with E-state index in [2.05, 4.69) is 19.2 Å². The van der Waals surface area contributed by atoms with Crippen molar-refractivity contribution >= 4 is 5.91 Å². The molecule has 0 bridgehead atoms. The number of nitrogens with one attached hydrogen (secondary N) is 1. The lowest BCUT2D eigenvalue weighted by molar-refractivity contribution is -0.123. The molecule has 0 aromatic rings. The van der Waals surface area contributed by atoms with Gasteiger partial charge in [-0.2, -0.15) is 0 Å². The fourth-order valence-electron chi connectivity index (χ4n) is 12.1. The zero-order valence-corrected chi connectivity index (χ0v) is 52.8. The fourth-order valence-corrected chi connectivity index (χ4v) is 12.1. The molecule has 0 heterocycles. The predicted octanol–water partition coefficient (Wildman–Crippen LogP) is 24.6. The molecule has 2 atom stereocenters. The summed E-state index contributed by atoms with van der Waals surface area (Å²) >= 11 is 0. The van der Waals surface area contributed by atoms with Crippen LogP contribution in [0.3, 0.4) is 0 Å². The number of aliphatic hydroxyl groups excluding tert-OH is 2. The smallest absolute Gasteiger partial charge is 0.220 e. The molecule has 4 heteroatoms. The Morgan fingerprint density at radius 2 is 0.421 bits per heavy atom. The highest BCUT2D eigenvalue weighted by molar-refractivity contribution is 5.76. The Hall–Kier alpha value is -0.610. The first kappa shape index (κ1) is 75.4. The van der Waals surface area contributed by atoms with Crippen molar-refractivity contribution in [2.24, 2.45) is 0 Å². The van der Waals surface area contributed by atoms with Crippen LogP contribution >= 0.6 is 0 Å². The van der Waals surface area contributed by atoms with Crippen molar-refractivity contribution < 1.29 is 15.0 Å². The minimum atomic E-state index is -0.656. The van der Waals surface area contributed by atoms with Crippen LogP contribution < -0.4 is 5.32 Å². The first-order valence-corrected chi connectivity index (χ1v) is 36.2. The molecule has 0 aliphatic rings. The highest BCUT2D eigenvalue weighted by atomic mass is 16.3. The fraction of sp³-hybridized carbons (Fsp3) is 0.986. The molecule has 0 saturated heterocycles. The Labute approximate surface area is 480 Å². The number of aliphatic hydroxyl groups is 2. The van der Waals surface area contributed by atoms with E-state index in [0.29, 0.717) is 12.8 Å². The minimum absolute atomic E-state index is 0.0190. The molecule has 0 spiro atoms. The molecule has 0 aromatic carbocycles. The molecule has 3 N–H and O–H groups in total. The number of hydrogen-bond donors (Lipinski definition) is 3. The molecule has 0 aliphatic carbocycles. The van der Waals surface area contributed by atoms with Crippen LogP contribution in [-0.2, 0) is 4.79 Å². The largest absolute Gasteiger partial charge is 0.394 e. The highest BCUT2D eigenvalue weighted by Crippen LogP contribution is 2.20. The summed E-state index contributed by atoms with van der Waals surface area (Å²) < 4.78 is 0. The van der Waals surface area contributed by atoms with Gasteiger partial charge in [0.2, 0.25) is 5.91 Å². The molecular formula is C72H145NO3. The van der Waals surface area contributed by atoms with E-state index in [1.54, 1.807) is 0 Å². The van der Waals surface area contributed by atoms with Gasteiger partial charge in [-0.15, -0.1) is 0 Å². The third-order valence-corrected chi connectivity index (χ3v) is 17.6. The van der Waals surface area contributed by atoms with Gasteiger partial charge in [0.15, 0.2) is 0 Å². The van der Waals surface area contributed by atoms with Crippen LogP contribution in [0.25, 0.3) is 0 Å². The average molecular weight is 1070 g/mol. The zero-order valence-electron chi connectivity index (χ0n) is 52.8. The van der Waals surface area contributed by atoms with E-state index in [1.165, 1.54) is 385 Å². The van der Waals surface area contributed by atoms with E-state index in [9.17, 15) is 15.0 Å². The first-order chi connectivity index (χ1) is 37.7. The van der Waals surface area contributed by atoms with Crippen LogP contribution in [0.5, 0.6) is 0 Å². The molecule has 0 saturated carbocycles. The second-order valence-electron chi connectivity index (χ2n) is 25.4. The van der Waals surface area contributed by atoms with Gasteiger partial charge in [-0.05, 0) is 12.8 Å². The van der Waals surface area contributed by atoms with Gasteiger partial charge in [0.25, 0.3) is 0 Å². The summed E-state index contributed by atoms with van der Waals surface area (Å²) in [5.41, 5.74) is 0. The predicted molar refractivity (Wildman–Crippen MR) is 341 cm³/mol. The van der Waals surface area contributed by atoms with Crippen molar-refractivity contribution in [2.75, 3.05) is 6.61 Å². The van der Waals surface area contributed by atoms with Crippen LogP contribution in [0.2, 0.25) is 0 Å². The second kappa shape index (κ2) is 68.7. The quantitative estimate of drug-likeness (QED) is 0.0532. The summed E-state index contributed by atoms with van der Waals surface area (Å²) in [4.78, 5) is 12.6. The van der Waals surface area contributed by atoms with E-state index in [0.717, 1.165) is 25.7 Å². The van der Waals surface area contributed by atoms with E-state index >= 15 is 0 Å². The standard InChI is InChI=1S/C72H145NO3/c1-3-5-7-9-11-13-15-17-19-21-23-25-27-29-30-31-32-33-34-35-36-37-38-39-40-41-42-44-46-48-50-52-54-56-58-60-62-64-66-68-72(76)73-70(69-74)71(75)67-65-63-61-59-57-55-53-51-49-47-45-43-28-26-24-22-20-18-16-14-12-10-8-6-4-2/h70-71,74-75H,3-69H2,1-2H3,(H,73,76). The maximum absolute atomic E-state index is 12.6. The summed E-state index contributed by atoms with van der Waals surface area (Å²) in [6.45, 7) is 4.42. The van der Waals surface area contributed by atoms with Crippen molar-refractivity contribution in [1.82, 2.24) is 5.32 Å². The lowest BCUT2D eigenvalue weighted by Gasteiger charge is -2.22. The van der Waals surface area contributed by atoms with Crippen LogP contribution in [0.1, 0.15) is 438 Å². The number of amides is 1. The Morgan fingerprint density at radius 1 is 0.263 bits per heavy atom. The van der Waals surface area contributed by atoms with E-state index < -0.39 is 12.1 Å². The van der Waals surface area contributed by atoms with Gasteiger partial charge in [0.05, 0.1) is 18.8 Å². The molecule has 0 fully saturated rings. The topological polar surface area (TPSA) is 69.6 Å². The second-order valence-corrected chi connectivity index (χ2v) is 25.4. The molecule has 2 unspecified atom stereocenters. The number of unbranched alkanes of at least 4 members (excludes halogenated alkanes) is 62. The summed E-state index contributed by atoms with van der Waals surface area (Å²) in [6.07, 6.45) is 90.4. The Balaban J connectivity index is 3.33. The highest BCUT2D eigenvalue weighted by Gasteiger charge is 2.20. The van der Waals surface area contributed by atoms with Crippen LogP contribution in [0.15, 0.2) is 0 Å². The van der Waals surface area contributed by atoms with E-state index in [4.69, 9.17) is 0 Å². The molecule has 0 aromatic heterocycles. The summed E-state index contributed by atoms with van der Waals surface area (Å²) in [6, 6.07) is -0.533. The molecule has 4 nitrogen and oxygen atoms in total. The average Bonchev–Trinajstić information content (AvgIpc) is 3.42. The van der Waals surface area contributed by atoms with Crippen LogP contribution in [-0.4, -0.2) is 34.9 Å². The molecule has 0 rings (SSSR count). The summed E-state index contributed by atoms with van der Waals surface area (Å²) in [5.74, 6) is -0.0190. The van der Waals surface area contributed by atoms with Gasteiger partial charge in [0, 0.05) is 6.42 Å². The van der Waals surface area contributed by atoms with Gasteiger partial charge in [-0.3, -0.25) is 4.79 Å². The van der Waals surface area contributed by atoms with Gasteiger partial charge in [0.1, 0.15) is 0 Å². The molecular weight excluding hydrogens is 927 g/mol.